The third-order valence-corrected chi connectivity index (χ3v) is 5.81. The van der Waals surface area contributed by atoms with Crippen LogP contribution in [0, 0.1) is 19.8 Å². The van der Waals surface area contributed by atoms with Crippen molar-refractivity contribution < 1.29 is 23.5 Å². The Hall–Kier alpha value is -2.83. The number of aromatic nitrogens is 1. The zero-order valence-corrected chi connectivity index (χ0v) is 17.4. The molecule has 0 spiro atoms. The van der Waals surface area contributed by atoms with Gasteiger partial charge in [-0.05, 0) is 51.3 Å². The van der Waals surface area contributed by atoms with E-state index in [4.69, 9.17) is 9.15 Å². The molecule has 2 aromatic rings. The largest absolute Gasteiger partial charge is 0.467 e. The third-order valence-electron chi connectivity index (χ3n) is 5.81. The van der Waals surface area contributed by atoms with E-state index in [1.165, 1.54) is 7.11 Å². The van der Waals surface area contributed by atoms with Gasteiger partial charge in [0.2, 0.25) is 5.91 Å². The van der Waals surface area contributed by atoms with Crippen molar-refractivity contribution in [3.05, 3.63) is 46.7 Å². The number of hydrogen-bond acceptors (Lipinski definition) is 5. The second kappa shape index (κ2) is 8.68. The number of aryl methyl sites for hydroxylation is 1. The van der Waals surface area contributed by atoms with Gasteiger partial charge in [0.05, 0.1) is 26.0 Å². The highest BCUT2D eigenvalue weighted by atomic mass is 16.5. The maximum atomic E-state index is 13.4. The molecule has 0 saturated heterocycles. The molecule has 29 heavy (non-hydrogen) atoms. The van der Waals surface area contributed by atoms with Crippen molar-refractivity contribution in [1.82, 2.24) is 9.88 Å². The minimum Gasteiger partial charge on any atom is -0.467 e. The van der Waals surface area contributed by atoms with Crippen LogP contribution in [0.1, 0.15) is 70.5 Å². The first-order chi connectivity index (χ1) is 13.8. The predicted molar refractivity (Wildman–Crippen MR) is 107 cm³/mol. The van der Waals surface area contributed by atoms with Crippen LogP contribution in [0.3, 0.4) is 0 Å². The van der Waals surface area contributed by atoms with Gasteiger partial charge in [-0.25, -0.2) is 4.79 Å². The highest BCUT2D eigenvalue weighted by Crippen LogP contribution is 2.29. The number of esters is 1. The highest BCUT2D eigenvalue weighted by molar-refractivity contribution is 6.06. The molecule has 1 saturated carbocycles. The molecular formula is C22H28N2O5. The van der Waals surface area contributed by atoms with E-state index >= 15 is 0 Å². The number of methoxy groups -OCH3 is 1. The number of Topliss-reactive ketones (excluding diaryl/α,β-unsaturated/α-hetero) is 1. The number of rotatable bonds is 7. The Morgan fingerprint density at radius 2 is 1.97 bits per heavy atom. The number of aromatic amines is 1. The molecule has 7 nitrogen and oxygen atoms in total. The van der Waals surface area contributed by atoms with Crippen molar-refractivity contribution in [2.24, 2.45) is 5.92 Å². The standard InChI is InChI=1S/C22H28N2O5/c1-13-18(14(2)23-19(13)22(27)28-4)20(25)15(3)24(12-17-10-7-11-29-17)21(26)16-8-5-6-9-16/h7,10-11,15-16,23H,5-6,8-9,12H2,1-4H3/t15-/m1/s1. The van der Waals surface area contributed by atoms with Crippen molar-refractivity contribution in [2.75, 3.05) is 7.11 Å². The SMILES string of the molecule is COC(=O)c1[nH]c(C)c(C(=O)[C@@H](C)N(Cc2ccco2)C(=O)C2CCCC2)c1C. The van der Waals surface area contributed by atoms with E-state index in [1.54, 1.807) is 44.1 Å². The number of carbonyl (C=O) groups is 3. The Morgan fingerprint density at radius 3 is 2.55 bits per heavy atom. The number of ether oxygens (including phenoxy) is 1. The number of nitrogens with zero attached hydrogens (tertiary/aromatic N) is 1. The van der Waals surface area contributed by atoms with Crippen LogP contribution in [0.5, 0.6) is 0 Å². The van der Waals surface area contributed by atoms with Crippen molar-refractivity contribution in [2.45, 2.75) is 59.0 Å². The first kappa shape index (κ1) is 20.9. The average molecular weight is 400 g/mol. The highest BCUT2D eigenvalue weighted by Gasteiger charge is 2.35. The summed E-state index contributed by atoms with van der Waals surface area (Å²) in [6.07, 6.45) is 5.33. The number of carbonyl (C=O) groups excluding carboxylic acids is 3. The summed E-state index contributed by atoms with van der Waals surface area (Å²) in [5.41, 5.74) is 1.82. The van der Waals surface area contributed by atoms with Gasteiger partial charge in [0, 0.05) is 17.2 Å². The summed E-state index contributed by atoms with van der Waals surface area (Å²) in [5, 5.41) is 0. The zero-order valence-electron chi connectivity index (χ0n) is 17.4. The molecule has 1 N–H and O–H groups in total. The Morgan fingerprint density at radius 1 is 1.28 bits per heavy atom. The van der Waals surface area contributed by atoms with Crippen LogP contribution in [-0.4, -0.2) is 40.7 Å². The molecule has 1 aliphatic rings. The topological polar surface area (TPSA) is 92.6 Å². The maximum absolute atomic E-state index is 13.4. The minimum atomic E-state index is -0.688. The lowest BCUT2D eigenvalue weighted by molar-refractivity contribution is -0.137. The molecule has 7 heteroatoms. The fourth-order valence-corrected chi connectivity index (χ4v) is 4.16. The summed E-state index contributed by atoms with van der Waals surface area (Å²) in [6.45, 7) is 5.43. The molecular weight excluding hydrogens is 372 g/mol. The molecule has 156 valence electrons. The molecule has 0 radical (unpaired) electrons. The van der Waals surface area contributed by atoms with Crippen LogP contribution in [0.15, 0.2) is 22.8 Å². The molecule has 0 unspecified atom stereocenters. The van der Waals surface area contributed by atoms with Gasteiger partial charge >= 0.3 is 5.97 Å². The van der Waals surface area contributed by atoms with Crippen molar-refractivity contribution in [3.8, 4) is 0 Å². The van der Waals surface area contributed by atoms with Gasteiger partial charge in [-0.2, -0.15) is 0 Å². The lowest BCUT2D eigenvalue weighted by Gasteiger charge is -2.30. The molecule has 1 aliphatic carbocycles. The van der Waals surface area contributed by atoms with E-state index in [0.717, 1.165) is 25.7 Å². The molecule has 0 aliphatic heterocycles. The van der Waals surface area contributed by atoms with E-state index < -0.39 is 12.0 Å². The predicted octanol–water partition coefficient (Wildman–Crippen LogP) is 3.80. The van der Waals surface area contributed by atoms with Gasteiger partial charge in [-0.3, -0.25) is 9.59 Å². The summed E-state index contributed by atoms with van der Waals surface area (Å²) in [7, 11) is 1.30. The maximum Gasteiger partial charge on any atom is 0.354 e. The van der Waals surface area contributed by atoms with Gasteiger partial charge < -0.3 is 19.0 Å². The lowest BCUT2D eigenvalue weighted by atomic mass is 9.98. The van der Waals surface area contributed by atoms with E-state index in [0.29, 0.717) is 22.6 Å². The van der Waals surface area contributed by atoms with E-state index in [2.05, 4.69) is 4.98 Å². The quantitative estimate of drug-likeness (QED) is 0.564. The minimum absolute atomic E-state index is 0.0150. The van der Waals surface area contributed by atoms with Crippen LogP contribution in [0.4, 0.5) is 0 Å². The molecule has 2 heterocycles. The molecule has 0 aromatic carbocycles. The van der Waals surface area contributed by atoms with Crippen molar-refractivity contribution >= 4 is 17.7 Å². The van der Waals surface area contributed by atoms with Crippen LogP contribution < -0.4 is 0 Å². The number of amides is 1. The summed E-state index contributed by atoms with van der Waals surface area (Å²) in [5.74, 6) is -0.164. The summed E-state index contributed by atoms with van der Waals surface area (Å²) in [4.78, 5) is 43.2. The number of ketones is 1. The van der Waals surface area contributed by atoms with Gasteiger partial charge in [0.1, 0.15) is 11.5 Å². The summed E-state index contributed by atoms with van der Waals surface area (Å²) in [6, 6.07) is 2.88. The van der Waals surface area contributed by atoms with E-state index in [-0.39, 0.29) is 29.8 Å². The van der Waals surface area contributed by atoms with Crippen LogP contribution in [0.2, 0.25) is 0 Å². The van der Waals surface area contributed by atoms with Gasteiger partial charge in [-0.1, -0.05) is 12.8 Å². The Balaban J connectivity index is 1.91. The molecule has 2 aromatic heterocycles. The first-order valence-electron chi connectivity index (χ1n) is 9.99. The van der Waals surface area contributed by atoms with E-state index in [9.17, 15) is 14.4 Å². The van der Waals surface area contributed by atoms with Gasteiger partial charge in [0.25, 0.3) is 0 Å². The van der Waals surface area contributed by atoms with Crippen LogP contribution >= 0.6 is 0 Å². The van der Waals surface area contributed by atoms with Crippen molar-refractivity contribution in [1.29, 1.82) is 0 Å². The normalized spacial score (nSPS) is 15.3. The number of nitrogens with one attached hydrogen (secondary N) is 1. The number of hydrogen-bond donors (Lipinski definition) is 1. The molecule has 1 atom stereocenters. The van der Waals surface area contributed by atoms with Gasteiger partial charge in [0.15, 0.2) is 5.78 Å². The van der Waals surface area contributed by atoms with Gasteiger partial charge in [-0.15, -0.1) is 0 Å². The fourth-order valence-electron chi connectivity index (χ4n) is 4.16. The zero-order chi connectivity index (χ0) is 21.1. The molecule has 0 bridgehead atoms. The summed E-state index contributed by atoms with van der Waals surface area (Å²) < 4.78 is 10.2. The lowest BCUT2D eigenvalue weighted by Crippen LogP contribution is -2.45. The average Bonchev–Trinajstić information content (AvgIpc) is 3.46. The second-order valence-electron chi connectivity index (χ2n) is 7.68. The summed E-state index contributed by atoms with van der Waals surface area (Å²) >= 11 is 0. The Bertz CT molecular complexity index is 891. The van der Waals surface area contributed by atoms with Crippen molar-refractivity contribution in [3.63, 3.8) is 0 Å². The smallest absolute Gasteiger partial charge is 0.354 e. The Labute approximate surface area is 170 Å². The number of H-pyrrole nitrogens is 1. The monoisotopic (exact) mass is 400 g/mol. The van der Waals surface area contributed by atoms with Crippen LogP contribution in [-0.2, 0) is 16.1 Å². The van der Waals surface area contributed by atoms with E-state index in [1.807, 2.05) is 0 Å². The molecule has 1 fully saturated rings. The second-order valence-corrected chi connectivity index (χ2v) is 7.68. The molecule has 3 rings (SSSR count). The molecule has 1 amide bonds. The Kier molecular flexibility index (Phi) is 6.25. The first-order valence-corrected chi connectivity index (χ1v) is 9.99. The fraction of sp³-hybridized carbons (Fsp3) is 0.500. The van der Waals surface area contributed by atoms with Crippen LogP contribution in [0.25, 0.3) is 0 Å². The number of furan rings is 1. The third kappa shape index (κ3) is 4.13.